The minimum absolute atomic E-state index is 0.619. The van der Waals surface area contributed by atoms with Gasteiger partial charge in [-0.2, -0.15) is 9.97 Å². The zero-order valence-corrected chi connectivity index (χ0v) is 21.2. The van der Waals surface area contributed by atoms with Crippen LogP contribution < -0.4 is 10.6 Å². The highest BCUT2D eigenvalue weighted by Crippen LogP contribution is 2.30. The number of hydrogen-bond donors (Lipinski definition) is 1. The molecule has 2 saturated heterocycles. The molecule has 0 aliphatic carbocycles. The topological polar surface area (TPSA) is 103 Å². The van der Waals surface area contributed by atoms with Crippen molar-refractivity contribution >= 4 is 28.0 Å². The first-order valence-electron chi connectivity index (χ1n) is 13.1. The maximum Gasteiger partial charge on any atom is 0.239 e. The number of benzene rings is 1. The molecule has 0 spiro atoms. The zero-order chi connectivity index (χ0) is 24.6. The van der Waals surface area contributed by atoms with Crippen LogP contribution in [0.25, 0.3) is 28.1 Å². The molecular weight excluding hydrogens is 454 g/mol. The first-order chi connectivity index (χ1) is 17.6. The van der Waals surface area contributed by atoms with E-state index in [0.717, 1.165) is 85.4 Å². The molecule has 2 N–H and O–H groups in total. The summed E-state index contributed by atoms with van der Waals surface area (Å²) in [7, 11) is 2.09. The molecule has 10 nitrogen and oxygen atoms in total. The third kappa shape index (κ3) is 4.23. The van der Waals surface area contributed by atoms with E-state index in [-0.39, 0.29) is 0 Å². The van der Waals surface area contributed by atoms with E-state index in [1.54, 1.807) is 0 Å². The smallest absolute Gasteiger partial charge is 0.239 e. The molecule has 3 aromatic heterocycles. The number of anilines is 1. The fourth-order valence-corrected chi connectivity index (χ4v) is 5.61. The van der Waals surface area contributed by atoms with Gasteiger partial charge in [0.2, 0.25) is 5.95 Å². The second kappa shape index (κ2) is 9.76. The van der Waals surface area contributed by atoms with Gasteiger partial charge < -0.3 is 24.8 Å². The second-order valence-electron chi connectivity index (χ2n) is 9.97. The second-order valence-corrected chi connectivity index (χ2v) is 9.97. The monoisotopic (exact) mass is 489 g/mol. The van der Waals surface area contributed by atoms with Crippen molar-refractivity contribution in [2.45, 2.75) is 26.2 Å². The van der Waals surface area contributed by atoms with Gasteiger partial charge >= 0.3 is 0 Å². The van der Waals surface area contributed by atoms with E-state index in [1.165, 1.54) is 12.8 Å². The van der Waals surface area contributed by atoms with E-state index >= 15 is 0 Å². The average Bonchev–Trinajstić information content (AvgIpc) is 3.41. The molecule has 0 amide bonds. The summed E-state index contributed by atoms with van der Waals surface area (Å²) in [6.45, 7) is 8.91. The number of ether oxygens (including phenoxy) is 1. The summed E-state index contributed by atoms with van der Waals surface area (Å²) >= 11 is 0. The number of aromatic nitrogens is 6. The molecule has 4 aromatic rings. The van der Waals surface area contributed by atoms with Crippen LogP contribution in [0, 0.1) is 12.8 Å². The number of para-hydroxylation sites is 2. The van der Waals surface area contributed by atoms with Crippen LogP contribution in [0.15, 0.2) is 24.3 Å². The van der Waals surface area contributed by atoms with E-state index in [0.29, 0.717) is 25.1 Å². The van der Waals surface area contributed by atoms with E-state index < -0.39 is 0 Å². The first kappa shape index (κ1) is 23.3. The summed E-state index contributed by atoms with van der Waals surface area (Å²) in [6, 6.07) is 8.14. The van der Waals surface area contributed by atoms with Gasteiger partial charge in [0, 0.05) is 39.6 Å². The number of nitrogens with zero attached hydrogens (tertiary/aromatic N) is 8. The minimum Gasteiger partial charge on any atom is -0.378 e. The van der Waals surface area contributed by atoms with Crippen molar-refractivity contribution in [1.29, 1.82) is 0 Å². The molecular formula is C26H35N9O. The summed E-state index contributed by atoms with van der Waals surface area (Å²) in [5.74, 6) is 4.09. The Balaban J connectivity index is 1.41. The molecule has 6 rings (SSSR count). The van der Waals surface area contributed by atoms with Crippen LogP contribution in [0.1, 0.15) is 24.5 Å². The van der Waals surface area contributed by atoms with Crippen LogP contribution in [0.4, 0.5) is 5.82 Å². The highest BCUT2D eigenvalue weighted by molar-refractivity contribution is 5.86. The van der Waals surface area contributed by atoms with E-state index in [1.807, 2.05) is 25.1 Å². The predicted molar refractivity (Wildman–Crippen MR) is 141 cm³/mol. The van der Waals surface area contributed by atoms with Gasteiger partial charge in [0.15, 0.2) is 17.0 Å². The Morgan fingerprint density at radius 2 is 1.78 bits per heavy atom. The van der Waals surface area contributed by atoms with Crippen molar-refractivity contribution in [2.75, 3.05) is 57.4 Å². The number of morpholine rings is 1. The Labute approximate surface area is 211 Å². The quantitative estimate of drug-likeness (QED) is 0.439. The van der Waals surface area contributed by atoms with Crippen LogP contribution in [0.2, 0.25) is 0 Å². The van der Waals surface area contributed by atoms with E-state index in [4.69, 9.17) is 30.4 Å². The molecule has 2 aliphatic rings. The molecule has 2 fully saturated rings. The number of imidazole rings is 2. The minimum atomic E-state index is 0.619. The normalized spacial score (nSPS) is 18.0. The van der Waals surface area contributed by atoms with E-state index in [9.17, 15) is 0 Å². The third-order valence-electron chi connectivity index (χ3n) is 7.64. The summed E-state index contributed by atoms with van der Waals surface area (Å²) in [4.78, 5) is 24.8. The molecule has 0 radical (unpaired) electrons. The lowest BCUT2D eigenvalue weighted by Gasteiger charge is -2.31. The Morgan fingerprint density at radius 1 is 1.00 bits per heavy atom. The number of hydrogen-bond acceptors (Lipinski definition) is 8. The van der Waals surface area contributed by atoms with Gasteiger partial charge in [-0.1, -0.05) is 12.1 Å². The number of aryl methyl sites for hydroxylation is 2. The zero-order valence-electron chi connectivity index (χ0n) is 21.2. The molecule has 5 heterocycles. The van der Waals surface area contributed by atoms with Gasteiger partial charge in [-0.15, -0.1) is 0 Å². The van der Waals surface area contributed by atoms with Gasteiger partial charge in [-0.25, -0.2) is 9.97 Å². The summed E-state index contributed by atoms with van der Waals surface area (Å²) in [5.41, 5.74) is 9.45. The van der Waals surface area contributed by atoms with Gasteiger partial charge in [0.05, 0.1) is 24.2 Å². The van der Waals surface area contributed by atoms with Crippen LogP contribution >= 0.6 is 0 Å². The summed E-state index contributed by atoms with van der Waals surface area (Å²) in [6.07, 6.45) is 3.31. The largest absolute Gasteiger partial charge is 0.378 e. The Kier molecular flexibility index (Phi) is 6.32. The SMILES string of the molecule is Cc1nc2ccccc2n1-c1nc(N2CCOCC2)c2nc(CC3CCN(CCN)CC3)n(C)c2n1. The van der Waals surface area contributed by atoms with Crippen LogP contribution in [0.3, 0.4) is 0 Å². The number of fused-ring (bicyclic) bond motifs is 2. The highest BCUT2D eigenvalue weighted by Gasteiger charge is 2.26. The number of piperidine rings is 1. The molecule has 10 heteroatoms. The van der Waals surface area contributed by atoms with Crippen molar-refractivity contribution in [3.63, 3.8) is 0 Å². The maximum absolute atomic E-state index is 5.76. The lowest BCUT2D eigenvalue weighted by molar-refractivity contribution is 0.122. The van der Waals surface area contributed by atoms with Crippen LogP contribution in [-0.2, 0) is 18.2 Å². The number of likely N-dealkylation sites (tertiary alicyclic amines) is 1. The molecule has 0 atom stereocenters. The number of nitrogens with two attached hydrogens (primary N) is 1. The van der Waals surface area contributed by atoms with Gasteiger partial charge in [0.25, 0.3) is 0 Å². The molecule has 0 saturated carbocycles. The van der Waals surface area contributed by atoms with Crippen LogP contribution in [0.5, 0.6) is 0 Å². The number of rotatable bonds is 6. The maximum atomic E-state index is 5.76. The summed E-state index contributed by atoms with van der Waals surface area (Å²) in [5, 5.41) is 0. The Bertz CT molecular complexity index is 1360. The molecule has 0 bridgehead atoms. The third-order valence-corrected chi connectivity index (χ3v) is 7.64. The predicted octanol–water partition coefficient (Wildman–Crippen LogP) is 2.06. The lowest BCUT2D eigenvalue weighted by atomic mass is 9.93. The summed E-state index contributed by atoms with van der Waals surface area (Å²) < 4.78 is 9.86. The van der Waals surface area contributed by atoms with Crippen molar-refractivity contribution in [1.82, 2.24) is 34.0 Å². The van der Waals surface area contributed by atoms with Crippen LogP contribution in [-0.4, -0.2) is 86.5 Å². The average molecular weight is 490 g/mol. The van der Waals surface area contributed by atoms with Gasteiger partial charge in [0.1, 0.15) is 11.6 Å². The van der Waals surface area contributed by atoms with E-state index in [2.05, 4.69) is 32.0 Å². The van der Waals surface area contributed by atoms with Crippen molar-refractivity contribution < 1.29 is 4.74 Å². The standard InChI is InChI=1S/C26H35N9O/c1-18-28-20-5-3-4-6-21(20)35(18)26-30-24-23(25(31-26)34-13-15-36-16-14-34)29-22(32(24)2)17-19-7-10-33(11-8-19)12-9-27/h3-6,19H,7-17,27H2,1-2H3. The fourth-order valence-electron chi connectivity index (χ4n) is 5.61. The molecule has 36 heavy (non-hydrogen) atoms. The van der Waals surface area contributed by atoms with Gasteiger partial charge in [-0.05, 0) is 50.9 Å². The van der Waals surface area contributed by atoms with Crippen molar-refractivity contribution in [3.05, 3.63) is 35.9 Å². The Hall–Kier alpha value is -3.08. The molecule has 1 aromatic carbocycles. The molecule has 0 unspecified atom stereocenters. The van der Waals surface area contributed by atoms with Crippen molar-refractivity contribution in [3.8, 4) is 5.95 Å². The van der Waals surface area contributed by atoms with Crippen molar-refractivity contribution in [2.24, 2.45) is 18.7 Å². The molecule has 2 aliphatic heterocycles. The fraction of sp³-hybridized carbons (Fsp3) is 0.538. The first-order valence-corrected chi connectivity index (χ1v) is 13.1. The molecule has 190 valence electrons. The Morgan fingerprint density at radius 3 is 2.56 bits per heavy atom. The lowest BCUT2D eigenvalue weighted by Crippen LogP contribution is -2.37. The highest BCUT2D eigenvalue weighted by atomic mass is 16.5. The van der Waals surface area contributed by atoms with Gasteiger partial charge in [-0.3, -0.25) is 4.57 Å².